The Balaban J connectivity index is 2.03. The van der Waals surface area contributed by atoms with Gasteiger partial charge in [-0.05, 0) is 29.8 Å². The van der Waals surface area contributed by atoms with Gasteiger partial charge in [0.25, 0.3) is 0 Å². The van der Waals surface area contributed by atoms with E-state index in [-0.39, 0.29) is 22.7 Å². The highest BCUT2D eigenvalue weighted by Gasteiger charge is 2.25. The summed E-state index contributed by atoms with van der Waals surface area (Å²) >= 11 is 0. The third kappa shape index (κ3) is 2.94. The molecule has 1 aliphatic heterocycles. The first-order valence-corrected chi connectivity index (χ1v) is 7.05. The molecule has 0 radical (unpaired) electrons. The molecule has 6 heteroatoms. The molecule has 0 fully saturated rings. The van der Waals surface area contributed by atoms with E-state index in [0.717, 1.165) is 13.2 Å². The van der Waals surface area contributed by atoms with Crippen molar-refractivity contribution >= 4 is 23.9 Å². The monoisotopic (exact) mass is 325 g/mol. The zero-order valence-corrected chi connectivity index (χ0v) is 12.7. The van der Waals surface area contributed by atoms with E-state index in [1.54, 1.807) is 24.3 Å². The molecule has 24 heavy (non-hydrogen) atoms. The van der Waals surface area contributed by atoms with Crippen LogP contribution in [0.5, 0.6) is 0 Å². The molecule has 2 aromatic rings. The lowest BCUT2D eigenvalue weighted by Gasteiger charge is -2.05. The summed E-state index contributed by atoms with van der Waals surface area (Å²) in [5, 5.41) is 0. The molecular weight excluding hydrogens is 313 g/mol. The van der Waals surface area contributed by atoms with E-state index >= 15 is 0 Å². The predicted molar refractivity (Wildman–Crippen MR) is 84.8 cm³/mol. The summed E-state index contributed by atoms with van der Waals surface area (Å²) < 4.78 is 23.6. The number of nitrogens with zero attached hydrogens (tertiary/aromatic N) is 1. The second-order valence-electron chi connectivity index (χ2n) is 4.90. The number of benzene rings is 2. The Morgan fingerprint density at radius 2 is 1.92 bits per heavy atom. The quantitative estimate of drug-likeness (QED) is 0.643. The second-order valence-corrected chi connectivity index (χ2v) is 4.90. The molecule has 0 bridgehead atoms. The van der Waals surface area contributed by atoms with Crippen LogP contribution in [0.2, 0.25) is 0 Å². The number of cyclic esters (lactones) is 1. The van der Waals surface area contributed by atoms with Crippen LogP contribution in [0.25, 0.3) is 6.08 Å². The molecule has 0 saturated heterocycles. The molecule has 0 aliphatic carbocycles. The molecule has 3 rings (SSSR count). The summed E-state index contributed by atoms with van der Waals surface area (Å²) in [4.78, 5) is 27.9. The van der Waals surface area contributed by atoms with Gasteiger partial charge in [-0.2, -0.15) is 0 Å². The molecular formula is C18H12FNO4. The number of esters is 2. The third-order valence-electron chi connectivity index (χ3n) is 3.37. The average molecular weight is 325 g/mol. The predicted octanol–water partition coefficient (Wildman–Crippen LogP) is 2.96. The van der Waals surface area contributed by atoms with E-state index in [1.807, 2.05) is 6.07 Å². The van der Waals surface area contributed by atoms with Crippen molar-refractivity contribution in [2.45, 2.75) is 0 Å². The number of ether oxygens (including phenoxy) is 2. The van der Waals surface area contributed by atoms with E-state index in [4.69, 9.17) is 4.74 Å². The highest BCUT2D eigenvalue weighted by Crippen LogP contribution is 2.22. The number of hydrogen-bond donors (Lipinski definition) is 0. The summed E-state index contributed by atoms with van der Waals surface area (Å²) in [5.41, 5.74) is 0.543. The van der Waals surface area contributed by atoms with Gasteiger partial charge in [0, 0.05) is 5.56 Å². The SMILES string of the molecule is COC(=O)c1c(F)cccc1/C=C1\N=C(c2ccccc2)OC1=O. The topological polar surface area (TPSA) is 65.0 Å². The number of hydrogen-bond acceptors (Lipinski definition) is 5. The zero-order valence-electron chi connectivity index (χ0n) is 12.7. The number of aliphatic imine (C=N–C) groups is 1. The first kappa shape index (κ1) is 15.6. The minimum Gasteiger partial charge on any atom is -0.465 e. The Morgan fingerprint density at radius 1 is 1.17 bits per heavy atom. The van der Waals surface area contributed by atoms with Crippen LogP contribution in [-0.2, 0) is 14.3 Å². The molecule has 0 amide bonds. The molecule has 2 aromatic carbocycles. The molecule has 0 saturated carbocycles. The summed E-state index contributed by atoms with van der Waals surface area (Å²) in [5.74, 6) is -2.09. The van der Waals surface area contributed by atoms with Crippen molar-refractivity contribution in [2.75, 3.05) is 7.11 Å². The summed E-state index contributed by atoms with van der Waals surface area (Å²) in [7, 11) is 1.15. The molecule has 0 N–H and O–H groups in total. The van der Waals surface area contributed by atoms with Gasteiger partial charge in [0.1, 0.15) is 11.4 Å². The van der Waals surface area contributed by atoms with Gasteiger partial charge in [-0.15, -0.1) is 0 Å². The van der Waals surface area contributed by atoms with Crippen LogP contribution in [0.1, 0.15) is 21.5 Å². The normalized spacial score (nSPS) is 15.2. The Hall–Kier alpha value is -3.28. The van der Waals surface area contributed by atoms with Crippen LogP contribution in [0.4, 0.5) is 4.39 Å². The molecule has 5 nitrogen and oxygen atoms in total. The molecule has 1 heterocycles. The number of carbonyl (C=O) groups excluding carboxylic acids is 2. The Kier molecular flexibility index (Phi) is 4.20. The zero-order chi connectivity index (χ0) is 17.1. The van der Waals surface area contributed by atoms with Crippen molar-refractivity contribution in [3.63, 3.8) is 0 Å². The van der Waals surface area contributed by atoms with Gasteiger partial charge in [0.2, 0.25) is 5.90 Å². The minimum absolute atomic E-state index is 0.0235. The average Bonchev–Trinajstić information content (AvgIpc) is 2.96. The first-order chi connectivity index (χ1) is 11.6. The van der Waals surface area contributed by atoms with Gasteiger partial charge in [-0.3, -0.25) is 0 Å². The van der Waals surface area contributed by atoms with Crippen LogP contribution < -0.4 is 0 Å². The lowest BCUT2D eigenvalue weighted by Crippen LogP contribution is -2.08. The van der Waals surface area contributed by atoms with Crippen molar-refractivity contribution in [2.24, 2.45) is 4.99 Å². The fourth-order valence-electron chi connectivity index (χ4n) is 2.24. The Bertz CT molecular complexity index is 872. The molecule has 1 aliphatic rings. The maximum Gasteiger partial charge on any atom is 0.363 e. The highest BCUT2D eigenvalue weighted by molar-refractivity contribution is 6.13. The fourth-order valence-corrected chi connectivity index (χ4v) is 2.24. The van der Waals surface area contributed by atoms with Crippen molar-refractivity contribution in [1.82, 2.24) is 0 Å². The van der Waals surface area contributed by atoms with Crippen molar-refractivity contribution in [1.29, 1.82) is 0 Å². The van der Waals surface area contributed by atoms with Gasteiger partial charge >= 0.3 is 11.9 Å². The largest absolute Gasteiger partial charge is 0.465 e. The van der Waals surface area contributed by atoms with Crippen LogP contribution in [0, 0.1) is 5.82 Å². The molecule has 0 aromatic heterocycles. The standard InChI is InChI=1S/C18H12FNO4/c1-23-18(22)15-12(8-5-9-13(15)19)10-14-17(21)24-16(20-14)11-6-3-2-4-7-11/h2-10H,1H3/b14-10-. The maximum atomic E-state index is 13.9. The summed E-state index contributed by atoms with van der Waals surface area (Å²) in [6, 6.07) is 13.0. The molecule has 0 unspecified atom stereocenters. The minimum atomic E-state index is -0.835. The van der Waals surface area contributed by atoms with E-state index in [9.17, 15) is 14.0 Å². The molecule has 120 valence electrons. The van der Waals surface area contributed by atoms with E-state index in [0.29, 0.717) is 5.56 Å². The highest BCUT2D eigenvalue weighted by atomic mass is 19.1. The van der Waals surface area contributed by atoms with Crippen molar-refractivity contribution < 1.29 is 23.5 Å². The second kappa shape index (κ2) is 6.45. The molecule has 0 atom stereocenters. The van der Waals surface area contributed by atoms with Crippen molar-refractivity contribution in [3.8, 4) is 0 Å². The molecule has 0 spiro atoms. The van der Waals surface area contributed by atoms with Gasteiger partial charge in [-0.25, -0.2) is 19.0 Å². The van der Waals surface area contributed by atoms with Gasteiger partial charge < -0.3 is 9.47 Å². The number of halogens is 1. The third-order valence-corrected chi connectivity index (χ3v) is 3.37. The fraction of sp³-hybridized carbons (Fsp3) is 0.0556. The van der Waals surface area contributed by atoms with E-state index < -0.39 is 17.8 Å². The maximum absolute atomic E-state index is 13.9. The van der Waals surface area contributed by atoms with Crippen LogP contribution in [-0.4, -0.2) is 24.9 Å². The number of carbonyl (C=O) groups is 2. The summed E-state index contributed by atoms with van der Waals surface area (Å²) in [6.07, 6.45) is 1.30. The van der Waals surface area contributed by atoms with E-state index in [1.165, 1.54) is 18.2 Å². The van der Waals surface area contributed by atoms with Crippen LogP contribution >= 0.6 is 0 Å². The van der Waals surface area contributed by atoms with E-state index in [2.05, 4.69) is 9.73 Å². The Morgan fingerprint density at radius 3 is 2.62 bits per heavy atom. The van der Waals surface area contributed by atoms with Crippen molar-refractivity contribution in [3.05, 3.63) is 76.7 Å². The van der Waals surface area contributed by atoms with Gasteiger partial charge in [0.15, 0.2) is 5.70 Å². The van der Waals surface area contributed by atoms with Crippen LogP contribution in [0.15, 0.2) is 59.2 Å². The smallest absolute Gasteiger partial charge is 0.363 e. The lowest BCUT2D eigenvalue weighted by atomic mass is 10.1. The van der Waals surface area contributed by atoms with Gasteiger partial charge in [0.05, 0.1) is 7.11 Å². The number of rotatable bonds is 3. The lowest BCUT2D eigenvalue weighted by molar-refractivity contribution is -0.129. The number of methoxy groups -OCH3 is 1. The summed E-state index contributed by atoms with van der Waals surface area (Å²) in [6.45, 7) is 0. The van der Waals surface area contributed by atoms with Gasteiger partial charge in [-0.1, -0.05) is 30.3 Å². The first-order valence-electron chi connectivity index (χ1n) is 7.05. The Labute approximate surface area is 137 Å². The van der Waals surface area contributed by atoms with Crippen LogP contribution in [0.3, 0.4) is 0 Å².